The van der Waals surface area contributed by atoms with Crippen molar-refractivity contribution in [2.75, 3.05) is 13.2 Å². The Balaban J connectivity index is 2.73. The molecule has 0 heterocycles. The van der Waals surface area contributed by atoms with Crippen molar-refractivity contribution in [2.24, 2.45) is 0 Å². The van der Waals surface area contributed by atoms with E-state index in [9.17, 15) is 0 Å². The van der Waals surface area contributed by atoms with E-state index in [1.807, 2.05) is 0 Å². The van der Waals surface area contributed by atoms with Gasteiger partial charge in [-0.25, -0.2) is 0 Å². The molecule has 0 aliphatic carbocycles. The van der Waals surface area contributed by atoms with Crippen molar-refractivity contribution >= 4 is 22.1 Å². The van der Waals surface area contributed by atoms with Gasteiger partial charge in [-0.05, 0) is 12.8 Å². The highest BCUT2D eigenvalue weighted by molar-refractivity contribution is 8.73. The predicted octanol–water partition coefficient (Wildman–Crippen LogP) is 3.83. The summed E-state index contributed by atoms with van der Waals surface area (Å²) < 4.78 is 10.4. The normalized spacial score (nSPS) is 10.5. The molecule has 0 aliphatic heterocycles. The van der Waals surface area contributed by atoms with Crippen LogP contribution < -0.4 is 0 Å². The molecular weight excluding hydrogens is 192 g/mol. The molecule has 0 saturated carbocycles. The van der Waals surface area contributed by atoms with Crippen LogP contribution in [-0.2, 0) is 8.37 Å². The minimum atomic E-state index is 0.825. The molecule has 0 rings (SSSR count). The fourth-order valence-electron chi connectivity index (χ4n) is 0.514. The topological polar surface area (TPSA) is 18.5 Å². The largest absolute Gasteiger partial charge is 0.303 e. The van der Waals surface area contributed by atoms with Gasteiger partial charge < -0.3 is 8.37 Å². The highest BCUT2D eigenvalue weighted by atomic mass is 33.1. The molecule has 0 N–H and O–H groups in total. The van der Waals surface area contributed by atoms with Crippen LogP contribution in [0.1, 0.15) is 39.5 Å². The molecule has 0 aliphatic rings. The molecule has 74 valence electrons. The van der Waals surface area contributed by atoms with Gasteiger partial charge in [0.25, 0.3) is 0 Å². The van der Waals surface area contributed by atoms with Crippen molar-refractivity contribution in [1.29, 1.82) is 0 Å². The van der Waals surface area contributed by atoms with Crippen molar-refractivity contribution < 1.29 is 8.37 Å². The van der Waals surface area contributed by atoms with Crippen LogP contribution in [-0.4, -0.2) is 13.2 Å². The summed E-state index contributed by atoms with van der Waals surface area (Å²) in [5.74, 6) is 0. The van der Waals surface area contributed by atoms with E-state index in [1.54, 1.807) is 0 Å². The summed E-state index contributed by atoms with van der Waals surface area (Å²) in [5, 5.41) is 0. The molecule has 0 atom stereocenters. The third-order valence-corrected chi connectivity index (χ3v) is 2.61. The lowest BCUT2D eigenvalue weighted by Crippen LogP contribution is -1.85. The van der Waals surface area contributed by atoms with Gasteiger partial charge in [-0.2, -0.15) is 0 Å². The van der Waals surface area contributed by atoms with E-state index in [1.165, 1.54) is 35.0 Å². The second kappa shape index (κ2) is 11.6. The van der Waals surface area contributed by atoms with Crippen molar-refractivity contribution in [2.45, 2.75) is 39.5 Å². The van der Waals surface area contributed by atoms with Crippen molar-refractivity contribution in [3.8, 4) is 0 Å². The van der Waals surface area contributed by atoms with Crippen LogP contribution in [0, 0.1) is 0 Å². The third kappa shape index (κ3) is 10.6. The van der Waals surface area contributed by atoms with Crippen LogP contribution in [0.4, 0.5) is 0 Å². The van der Waals surface area contributed by atoms with E-state index in [4.69, 9.17) is 8.37 Å². The maximum Gasteiger partial charge on any atom is 0.0925 e. The van der Waals surface area contributed by atoms with Crippen molar-refractivity contribution in [3.05, 3.63) is 0 Å². The molecule has 4 heteroatoms. The van der Waals surface area contributed by atoms with Gasteiger partial charge >= 0.3 is 0 Å². The van der Waals surface area contributed by atoms with Crippen LogP contribution in [0.2, 0.25) is 0 Å². The summed E-state index contributed by atoms with van der Waals surface area (Å²) >= 11 is 2.68. The van der Waals surface area contributed by atoms with E-state index in [0.717, 1.165) is 26.1 Å². The zero-order valence-electron chi connectivity index (χ0n) is 7.88. The number of hydrogen-bond donors (Lipinski definition) is 0. The average molecular weight is 210 g/mol. The highest BCUT2D eigenvalue weighted by Gasteiger charge is 1.91. The first-order chi connectivity index (χ1) is 5.91. The molecule has 0 aromatic heterocycles. The minimum Gasteiger partial charge on any atom is -0.303 e. The van der Waals surface area contributed by atoms with Gasteiger partial charge in [-0.15, -0.1) is 0 Å². The van der Waals surface area contributed by atoms with E-state index in [-0.39, 0.29) is 0 Å². The lowest BCUT2D eigenvalue weighted by atomic mass is 10.4. The Morgan fingerprint density at radius 1 is 0.833 bits per heavy atom. The van der Waals surface area contributed by atoms with Crippen LogP contribution >= 0.6 is 22.1 Å². The maximum atomic E-state index is 5.21. The monoisotopic (exact) mass is 210 g/mol. The number of hydrogen-bond acceptors (Lipinski definition) is 4. The maximum absolute atomic E-state index is 5.21. The Kier molecular flexibility index (Phi) is 12.2. The lowest BCUT2D eigenvalue weighted by molar-refractivity contribution is 0.355. The first-order valence-corrected chi connectivity index (χ1v) is 6.49. The average Bonchev–Trinajstić information content (AvgIpc) is 2.10. The molecule has 0 saturated heterocycles. The summed E-state index contributed by atoms with van der Waals surface area (Å²) in [6, 6.07) is 0. The van der Waals surface area contributed by atoms with Crippen LogP contribution in [0.3, 0.4) is 0 Å². The van der Waals surface area contributed by atoms with Gasteiger partial charge in [0, 0.05) is 0 Å². The van der Waals surface area contributed by atoms with Crippen LogP contribution in [0.5, 0.6) is 0 Å². The lowest BCUT2D eigenvalue weighted by Gasteiger charge is -2.00. The van der Waals surface area contributed by atoms with E-state index < -0.39 is 0 Å². The molecule has 0 radical (unpaired) electrons. The number of rotatable bonds is 9. The summed E-state index contributed by atoms with van der Waals surface area (Å²) in [7, 11) is 0. The Labute approximate surface area is 83.6 Å². The summed E-state index contributed by atoms with van der Waals surface area (Å²) in [6.45, 7) is 5.95. The summed E-state index contributed by atoms with van der Waals surface area (Å²) in [4.78, 5) is 0. The van der Waals surface area contributed by atoms with Crippen molar-refractivity contribution in [1.82, 2.24) is 0 Å². The Hall–Kier alpha value is 0.620. The van der Waals surface area contributed by atoms with Gasteiger partial charge in [0.15, 0.2) is 0 Å². The fourth-order valence-corrected chi connectivity index (χ4v) is 1.61. The molecule has 0 aromatic carbocycles. The van der Waals surface area contributed by atoms with Crippen LogP contribution in [0.25, 0.3) is 0 Å². The van der Waals surface area contributed by atoms with Gasteiger partial charge in [-0.3, -0.25) is 0 Å². The second-order valence-corrected chi connectivity index (χ2v) is 4.05. The molecule has 0 bridgehead atoms. The summed E-state index contributed by atoms with van der Waals surface area (Å²) in [5.41, 5.74) is 0. The Morgan fingerprint density at radius 2 is 1.25 bits per heavy atom. The minimum absolute atomic E-state index is 0.825. The molecule has 0 spiro atoms. The zero-order valence-corrected chi connectivity index (χ0v) is 9.51. The Morgan fingerprint density at radius 3 is 1.58 bits per heavy atom. The molecule has 12 heavy (non-hydrogen) atoms. The van der Waals surface area contributed by atoms with E-state index in [2.05, 4.69) is 13.8 Å². The van der Waals surface area contributed by atoms with Gasteiger partial charge in [0.1, 0.15) is 0 Å². The smallest absolute Gasteiger partial charge is 0.0925 e. The van der Waals surface area contributed by atoms with E-state index >= 15 is 0 Å². The molecule has 0 unspecified atom stereocenters. The summed E-state index contributed by atoms with van der Waals surface area (Å²) in [6.07, 6.45) is 4.62. The highest BCUT2D eigenvalue weighted by Crippen LogP contribution is 2.23. The molecule has 0 amide bonds. The van der Waals surface area contributed by atoms with Crippen molar-refractivity contribution in [3.63, 3.8) is 0 Å². The fraction of sp³-hybridized carbons (Fsp3) is 1.00. The molecular formula is C8H18O2S2. The van der Waals surface area contributed by atoms with Crippen LogP contribution in [0.15, 0.2) is 0 Å². The molecule has 0 aromatic rings. The van der Waals surface area contributed by atoms with Gasteiger partial charge in [-0.1, -0.05) is 26.7 Å². The Bertz CT molecular complexity index is 71.5. The van der Waals surface area contributed by atoms with Gasteiger partial charge in [0.2, 0.25) is 0 Å². The quantitative estimate of drug-likeness (QED) is 0.327. The first-order valence-electron chi connectivity index (χ1n) is 4.49. The van der Waals surface area contributed by atoms with E-state index in [0.29, 0.717) is 0 Å². The van der Waals surface area contributed by atoms with Gasteiger partial charge in [0.05, 0.1) is 35.4 Å². The standard InChI is InChI=1S/C8H18O2S2/c1-3-5-7-9-11-12-10-8-6-4-2/h3-8H2,1-2H3. The SMILES string of the molecule is CCCCOSSOCCCC. The second-order valence-electron chi connectivity index (χ2n) is 2.49. The molecule has 2 nitrogen and oxygen atoms in total. The molecule has 0 fully saturated rings. The third-order valence-electron chi connectivity index (χ3n) is 1.29. The first kappa shape index (κ1) is 12.6. The zero-order chi connectivity index (χ0) is 9.07. The number of unbranched alkanes of at least 4 members (excludes halogenated alkanes) is 2. The predicted molar refractivity (Wildman–Crippen MR) is 56.9 cm³/mol.